The van der Waals surface area contributed by atoms with Crippen molar-refractivity contribution in [1.29, 1.82) is 0 Å². The van der Waals surface area contributed by atoms with Crippen molar-refractivity contribution in [2.45, 2.75) is 11.4 Å². The Bertz CT molecular complexity index is 820. The minimum Gasteiger partial charge on any atom is -0.495 e. The van der Waals surface area contributed by atoms with E-state index in [0.29, 0.717) is 0 Å². The van der Waals surface area contributed by atoms with Gasteiger partial charge in [0.25, 0.3) is 5.56 Å². The van der Waals surface area contributed by atoms with E-state index in [-0.39, 0.29) is 29.3 Å². The van der Waals surface area contributed by atoms with Crippen molar-refractivity contribution in [2.24, 2.45) is 0 Å². The summed E-state index contributed by atoms with van der Waals surface area (Å²) in [5, 5.41) is 3.80. The van der Waals surface area contributed by atoms with E-state index in [1.165, 1.54) is 31.5 Å². The molecule has 7 nitrogen and oxygen atoms in total. The van der Waals surface area contributed by atoms with Crippen molar-refractivity contribution in [3.63, 3.8) is 0 Å². The Morgan fingerprint density at radius 1 is 1.36 bits per heavy atom. The molecule has 118 valence electrons. The molecule has 2 aromatic rings. The molecule has 1 N–H and O–H groups in total. The van der Waals surface area contributed by atoms with Gasteiger partial charge in [-0.2, -0.15) is 5.10 Å². The van der Waals surface area contributed by atoms with Gasteiger partial charge in [0.15, 0.2) is 0 Å². The van der Waals surface area contributed by atoms with Crippen LogP contribution < -0.4 is 15.0 Å². The van der Waals surface area contributed by atoms with Gasteiger partial charge in [-0.05, 0) is 24.3 Å². The van der Waals surface area contributed by atoms with Crippen LogP contribution in [0, 0.1) is 5.82 Å². The molecule has 0 radical (unpaired) electrons. The number of ether oxygens (including phenoxy) is 1. The third-order valence-electron chi connectivity index (χ3n) is 2.82. The summed E-state index contributed by atoms with van der Waals surface area (Å²) in [7, 11) is -2.68. The number of halogens is 1. The van der Waals surface area contributed by atoms with Crippen LogP contribution in [0.5, 0.6) is 5.75 Å². The predicted molar refractivity (Wildman–Crippen MR) is 76.6 cm³/mol. The quantitative estimate of drug-likeness (QED) is 0.828. The van der Waals surface area contributed by atoms with Crippen LogP contribution in [-0.2, 0) is 16.6 Å². The highest BCUT2D eigenvalue weighted by molar-refractivity contribution is 7.89. The second-order valence-corrected chi connectivity index (χ2v) is 6.01. The maximum Gasteiger partial charge on any atom is 0.266 e. The van der Waals surface area contributed by atoms with Gasteiger partial charge in [0, 0.05) is 18.8 Å². The summed E-state index contributed by atoms with van der Waals surface area (Å²) >= 11 is 0. The maximum atomic E-state index is 13.3. The summed E-state index contributed by atoms with van der Waals surface area (Å²) in [5.41, 5.74) is -0.343. The van der Waals surface area contributed by atoms with Gasteiger partial charge < -0.3 is 4.74 Å². The zero-order valence-electron chi connectivity index (χ0n) is 11.7. The number of hydrogen-bond acceptors (Lipinski definition) is 5. The SMILES string of the molecule is COc1ccc(F)cc1S(=O)(=O)NCCn1ncccc1=O. The Labute approximate surface area is 126 Å². The third kappa shape index (κ3) is 3.68. The van der Waals surface area contributed by atoms with Crippen LogP contribution in [0.3, 0.4) is 0 Å². The molecule has 1 aromatic carbocycles. The lowest BCUT2D eigenvalue weighted by molar-refractivity contribution is 0.400. The van der Waals surface area contributed by atoms with Gasteiger partial charge in [0.1, 0.15) is 16.5 Å². The number of aromatic nitrogens is 2. The van der Waals surface area contributed by atoms with Crippen molar-refractivity contribution in [3.8, 4) is 5.75 Å². The molecule has 0 amide bonds. The van der Waals surface area contributed by atoms with E-state index in [1.807, 2.05) is 0 Å². The largest absolute Gasteiger partial charge is 0.495 e. The van der Waals surface area contributed by atoms with Gasteiger partial charge in [-0.1, -0.05) is 0 Å². The van der Waals surface area contributed by atoms with Crippen molar-refractivity contribution in [1.82, 2.24) is 14.5 Å². The second-order valence-electron chi connectivity index (χ2n) is 4.28. The predicted octanol–water partition coefficient (Wildman–Crippen LogP) is 0.369. The van der Waals surface area contributed by atoms with Gasteiger partial charge in [0.2, 0.25) is 10.0 Å². The molecule has 0 unspecified atom stereocenters. The average molecular weight is 327 g/mol. The molecule has 22 heavy (non-hydrogen) atoms. The Morgan fingerprint density at radius 2 is 2.14 bits per heavy atom. The number of benzene rings is 1. The Kier molecular flexibility index (Phi) is 4.88. The fourth-order valence-corrected chi connectivity index (χ4v) is 2.98. The zero-order valence-corrected chi connectivity index (χ0v) is 12.5. The van der Waals surface area contributed by atoms with Crippen molar-refractivity contribution < 1.29 is 17.5 Å². The molecule has 2 rings (SSSR count). The molecule has 0 saturated heterocycles. The first-order valence-corrected chi connectivity index (χ1v) is 7.78. The summed E-state index contributed by atoms with van der Waals surface area (Å²) < 4.78 is 45.9. The van der Waals surface area contributed by atoms with E-state index in [0.717, 1.165) is 16.8 Å². The van der Waals surface area contributed by atoms with Crippen LogP contribution in [0.4, 0.5) is 4.39 Å². The van der Waals surface area contributed by atoms with E-state index in [1.54, 1.807) is 0 Å². The standard InChI is InChI=1S/C13H14FN3O4S/c1-21-11-5-4-10(14)9-12(11)22(19,20)16-7-8-17-13(18)3-2-6-15-17/h2-6,9,16H,7-8H2,1H3. The van der Waals surface area contributed by atoms with Gasteiger partial charge in [-0.25, -0.2) is 22.2 Å². The minimum absolute atomic E-state index is 0.0314. The summed E-state index contributed by atoms with van der Waals surface area (Å²) in [5.74, 6) is -0.661. The molecule has 0 aliphatic rings. The van der Waals surface area contributed by atoms with Crippen molar-refractivity contribution >= 4 is 10.0 Å². The van der Waals surface area contributed by atoms with E-state index in [4.69, 9.17) is 4.74 Å². The smallest absolute Gasteiger partial charge is 0.266 e. The zero-order chi connectivity index (χ0) is 16.2. The van der Waals surface area contributed by atoms with Gasteiger partial charge in [-0.3, -0.25) is 4.79 Å². The van der Waals surface area contributed by atoms with Gasteiger partial charge >= 0.3 is 0 Å². The van der Waals surface area contributed by atoms with E-state index in [2.05, 4.69) is 9.82 Å². The highest BCUT2D eigenvalue weighted by Crippen LogP contribution is 2.23. The molecule has 9 heteroatoms. The summed E-state index contributed by atoms with van der Waals surface area (Å²) in [6.45, 7) is -0.0184. The van der Waals surface area contributed by atoms with Gasteiger partial charge in [-0.15, -0.1) is 0 Å². The monoisotopic (exact) mass is 327 g/mol. The molecule has 0 atom stereocenters. The number of methoxy groups -OCH3 is 1. The maximum absolute atomic E-state index is 13.3. The first-order valence-electron chi connectivity index (χ1n) is 6.29. The highest BCUT2D eigenvalue weighted by Gasteiger charge is 2.20. The first-order chi connectivity index (χ1) is 10.4. The lowest BCUT2D eigenvalue weighted by atomic mass is 10.3. The minimum atomic E-state index is -3.97. The summed E-state index contributed by atoms with van der Waals surface area (Å²) in [6, 6.07) is 6.00. The Balaban J connectivity index is 2.14. The van der Waals surface area contributed by atoms with Gasteiger partial charge in [0.05, 0.1) is 13.7 Å². The molecule has 0 aliphatic heterocycles. The summed E-state index contributed by atoms with van der Waals surface area (Å²) in [6.07, 6.45) is 1.42. The molecule has 0 fully saturated rings. The molecular weight excluding hydrogens is 313 g/mol. The fourth-order valence-electron chi connectivity index (χ4n) is 1.78. The fraction of sp³-hybridized carbons (Fsp3) is 0.231. The van der Waals surface area contributed by atoms with E-state index < -0.39 is 15.8 Å². The number of sulfonamides is 1. The molecule has 0 spiro atoms. The van der Waals surface area contributed by atoms with Crippen LogP contribution in [-0.4, -0.2) is 31.9 Å². The van der Waals surface area contributed by atoms with Crippen LogP contribution in [0.15, 0.2) is 46.2 Å². The Morgan fingerprint density at radius 3 is 2.82 bits per heavy atom. The van der Waals surface area contributed by atoms with Crippen LogP contribution in [0.1, 0.15) is 0 Å². The molecule has 0 aliphatic carbocycles. The van der Waals surface area contributed by atoms with Crippen LogP contribution in [0.2, 0.25) is 0 Å². The number of hydrogen-bond donors (Lipinski definition) is 1. The van der Waals surface area contributed by atoms with Crippen LogP contribution >= 0.6 is 0 Å². The highest BCUT2D eigenvalue weighted by atomic mass is 32.2. The third-order valence-corrected chi connectivity index (χ3v) is 4.30. The lowest BCUT2D eigenvalue weighted by Crippen LogP contribution is -2.31. The van der Waals surface area contributed by atoms with Crippen molar-refractivity contribution in [3.05, 3.63) is 52.7 Å². The lowest BCUT2D eigenvalue weighted by Gasteiger charge is -2.11. The molecular formula is C13H14FN3O4S. The average Bonchev–Trinajstić information content (AvgIpc) is 2.49. The summed E-state index contributed by atoms with van der Waals surface area (Å²) in [4.78, 5) is 11.1. The molecule has 1 heterocycles. The molecule has 1 aromatic heterocycles. The molecule has 0 bridgehead atoms. The first kappa shape index (κ1) is 16.1. The van der Waals surface area contributed by atoms with Crippen molar-refractivity contribution in [2.75, 3.05) is 13.7 Å². The molecule has 0 saturated carbocycles. The normalized spacial score (nSPS) is 11.4. The van der Waals surface area contributed by atoms with E-state index >= 15 is 0 Å². The number of nitrogens with zero attached hydrogens (tertiary/aromatic N) is 2. The second kappa shape index (κ2) is 6.67. The number of nitrogens with one attached hydrogen (secondary N) is 1. The topological polar surface area (TPSA) is 90.3 Å². The van der Waals surface area contributed by atoms with E-state index in [9.17, 15) is 17.6 Å². The Hall–Kier alpha value is -2.26. The number of rotatable bonds is 6. The van der Waals surface area contributed by atoms with Crippen LogP contribution in [0.25, 0.3) is 0 Å².